The number of benzene rings is 4. The van der Waals surface area contributed by atoms with Gasteiger partial charge in [-0.2, -0.15) is 0 Å². The topological polar surface area (TPSA) is 52.6 Å². The van der Waals surface area contributed by atoms with Gasteiger partial charge in [-0.25, -0.2) is 8.42 Å². The van der Waals surface area contributed by atoms with Gasteiger partial charge < -0.3 is 9.47 Å². The molecule has 0 aliphatic heterocycles. The van der Waals surface area contributed by atoms with Crippen molar-refractivity contribution in [2.75, 3.05) is 17.8 Å². The molecule has 0 bridgehead atoms. The van der Waals surface area contributed by atoms with Gasteiger partial charge in [0.2, 0.25) is 9.84 Å². The zero-order valence-electron chi connectivity index (χ0n) is 29.9. The molecule has 0 spiro atoms. The van der Waals surface area contributed by atoms with Gasteiger partial charge in [0.15, 0.2) is 0 Å². The molecule has 272 valence electrons. The number of alkyl halides is 4. The van der Waals surface area contributed by atoms with Gasteiger partial charge in [0.05, 0.1) is 16.9 Å². The van der Waals surface area contributed by atoms with Gasteiger partial charge in [-0.15, -0.1) is 0 Å². The third-order valence-electron chi connectivity index (χ3n) is 8.63. The zero-order chi connectivity index (χ0) is 36.9. The Kier molecular flexibility index (Phi) is 17.6. The molecule has 0 fully saturated rings. The molecule has 0 saturated heterocycles. The number of unbranched alkanes of at least 4 members (excludes halogenated alkanes) is 1. The van der Waals surface area contributed by atoms with Gasteiger partial charge >= 0.3 is 0 Å². The molecule has 4 aromatic rings. The minimum absolute atomic E-state index is 0.0451. The van der Waals surface area contributed by atoms with E-state index in [1.165, 1.54) is 18.4 Å². The van der Waals surface area contributed by atoms with Crippen LogP contribution in [0.4, 0.5) is 0 Å². The van der Waals surface area contributed by atoms with Gasteiger partial charge in [-0.3, -0.25) is 0 Å². The van der Waals surface area contributed by atoms with Crippen molar-refractivity contribution >= 4 is 73.6 Å². The summed E-state index contributed by atoms with van der Waals surface area (Å²) < 4.78 is 40.1. The molecule has 2 unspecified atom stereocenters. The van der Waals surface area contributed by atoms with Crippen molar-refractivity contribution in [3.8, 4) is 17.2 Å². The number of methoxy groups -OCH3 is 1. The number of aryl methyl sites for hydroxylation is 1. The summed E-state index contributed by atoms with van der Waals surface area (Å²) in [5, 5.41) is 2.28. The minimum Gasteiger partial charge on any atom is -0.497 e. The van der Waals surface area contributed by atoms with Crippen LogP contribution in [-0.2, 0) is 15.3 Å². The average molecular weight is 959 g/mol. The fourth-order valence-corrected chi connectivity index (χ4v) is 10.1. The Balaban J connectivity index is 0.00000103. The number of hydrogen-bond donors (Lipinski definition) is 0. The molecule has 4 nitrogen and oxygen atoms in total. The first-order valence-electron chi connectivity index (χ1n) is 17.2. The second-order valence-corrected chi connectivity index (χ2v) is 18.5. The number of hydrogen-bond acceptors (Lipinski definition) is 4. The van der Waals surface area contributed by atoms with E-state index in [0.29, 0.717) is 26.9 Å². The van der Waals surface area contributed by atoms with Crippen molar-refractivity contribution in [2.24, 2.45) is 0 Å². The van der Waals surface area contributed by atoms with Gasteiger partial charge in [-0.05, 0) is 103 Å². The van der Waals surface area contributed by atoms with Crippen LogP contribution in [0.15, 0.2) is 94.7 Å². The highest BCUT2D eigenvalue weighted by Crippen LogP contribution is 2.42. The quantitative estimate of drug-likeness (QED) is 0.0829. The Hall–Kier alpha value is -1.65. The molecular formula is C41H50Br4O4S. The van der Waals surface area contributed by atoms with Crippen molar-refractivity contribution in [1.82, 2.24) is 0 Å². The molecule has 0 aliphatic carbocycles. The Bertz CT molecular complexity index is 1740. The highest BCUT2D eigenvalue weighted by atomic mass is 79.9. The second kappa shape index (κ2) is 20.6. The van der Waals surface area contributed by atoms with Crippen molar-refractivity contribution in [2.45, 2.75) is 98.0 Å². The molecule has 0 saturated carbocycles. The van der Waals surface area contributed by atoms with E-state index in [4.69, 9.17) is 9.47 Å². The first-order chi connectivity index (χ1) is 23.8. The maximum atomic E-state index is 14.3. The van der Waals surface area contributed by atoms with Crippen molar-refractivity contribution in [1.29, 1.82) is 0 Å². The predicted molar refractivity (Wildman–Crippen MR) is 225 cm³/mol. The lowest BCUT2D eigenvalue weighted by molar-refractivity contribution is 0.414. The number of rotatable bonds is 16. The molecule has 0 aliphatic rings. The molecular weight excluding hydrogens is 908 g/mol. The Labute approximate surface area is 334 Å². The lowest BCUT2D eigenvalue weighted by atomic mass is 9.78. The van der Waals surface area contributed by atoms with Crippen LogP contribution in [0, 0.1) is 6.92 Å². The fourth-order valence-electron chi connectivity index (χ4n) is 5.61. The van der Waals surface area contributed by atoms with Crippen LogP contribution >= 0.6 is 63.7 Å². The zero-order valence-corrected chi connectivity index (χ0v) is 37.1. The van der Waals surface area contributed by atoms with Gasteiger partial charge in [0.25, 0.3) is 0 Å². The largest absolute Gasteiger partial charge is 0.497 e. The summed E-state index contributed by atoms with van der Waals surface area (Å²) in [5.41, 5.74) is 4.67. The molecule has 4 aromatic carbocycles. The van der Waals surface area contributed by atoms with E-state index in [0.717, 1.165) is 58.8 Å². The van der Waals surface area contributed by atoms with Crippen molar-refractivity contribution < 1.29 is 17.9 Å². The SMILES string of the molecule is BrCCCCBr.CCCC(Br)c1cc(C)ccc1S(=O)(=O)c1ccc(Oc2ccc(C(C)(C)c3ccc(OC)cc3)cc2)cc1C(Br)CCC. The van der Waals surface area contributed by atoms with Crippen molar-refractivity contribution in [3.05, 3.63) is 113 Å². The Morgan fingerprint density at radius 2 is 1.10 bits per heavy atom. The molecule has 0 radical (unpaired) electrons. The minimum atomic E-state index is -3.81. The maximum Gasteiger partial charge on any atom is 0.207 e. The van der Waals surface area contributed by atoms with Crippen LogP contribution in [0.3, 0.4) is 0 Å². The van der Waals surface area contributed by atoms with Crippen LogP contribution in [0.5, 0.6) is 17.2 Å². The molecule has 0 N–H and O–H groups in total. The number of ether oxygens (including phenoxy) is 2. The standard InChI is InChI=1S/C37H42Br2O4S.C4H8Br2/c1-7-9-33(38)31-23-25(3)11-21-35(31)44(40,41)36-22-20-30(24-32(36)34(39)10-8-2)43-29-18-14-27(15-19-29)37(4,5)26-12-16-28(42-6)17-13-26;5-3-1-2-4-6/h11-24,33-34H,7-10H2,1-6H3;1-4H2. The van der Waals surface area contributed by atoms with Crippen LogP contribution in [0.25, 0.3) is 0 Å². The van der Waals surface area contributed by atoms with E-state index in [2.05, 4.69) is 116 Å². The van der Waals surface area contributed by atoms with Gasteiger partial charge in [-0.1, -0.05) is 146 Å². The molecule has 9 heteroatoms. The third-order valence-corrected chi connectivity index (χ3v) is 13.6. The lowest BCUT2D eigenvalue weighted by Gasteiger charge is -2.26. The van der Waals surface area contributed by atoms with Crippen LogP contribution < -0.4 is 9.47 Å². The smallest absolute Gasteiger partial charge is 0.207 e. The Morgan fingerprint density at radius 1 is 0.660 bits per heavy atom. The number of halogens is 4. The molecule has 0 amide bonds. The third kappa shape index (κ3) is 11.4. The van der Waals surface area contributed by atoms with Crippen molar-refractivity contribution in [3.63, 3.8) is 0 Å². The predicted octanol–water partition coefficient (Wildman–Crippen LogP) is 14.0. The monoisotopic (exact) mass is 954 g/mol. The summed E-state index contributed by atoms with van der Waals surface area (Å²) in [7, 11) is -2.14. The summed E-state index contributed by atoms with van der Waals surface area (Å²) in [5.74, 6) is 2.11. The molecule has 0 aromatic heterocycles. The summed E-state index contributed by atoms with van der Waals surface area (Å²) in [4.78, 5) is 0.465. The fraction of sp³-hybridized carbons (Fsp3) is 0.415. The first-order valence-corrected chi connectivity index (χ1v) is 22.7. The van der Waals surface area contributed by atoms with E-state index >= 15 is 0 Å². The summed E-state index contributed by atoms with van der Waals surface area (Å²) in [6.45, 7) is 10.6. The Morgan fingerprint density at radius 3 is 1.56 bits per heavy atom. The number of sulfone groups is 1. The van der Waals surface area contributed by atoms with E-state index < -0.39 is 9.84 Å². The molecule has 4 rings (SSSR count). The highest BCUT2D eigenvalue weighted by Gasteiger charge is 2.29. The molecule has 2 atom stereocenters. The van der Waals surface area contributed by atoms with Gasteiger partial charge in [0.1, 0.15) is 17.2 Å². The van der Waals surface area contributed by atoms with Crippen LogP contribution in [0.2, 0.25) is 0 Å². The highest BCUT2D eigenvalue weighted by molar-refractivity contribution is 9.09. The second-order valence-electron chi connectivity index (χ2n) is 12.8. The summed E-state index contributed by atoms with van der Waals surface area (Å²) >= 11 is 14.2. The normalized spacial score (nSPS) is 12.8. The van der Waals surface area contributed by atoms with E-state index in [1.54, 1.807) is 25.3 Å². The van der Waals surface area contributed by atoms with Crippen LogP contribution in [0.1, 0.15) is 104 Å². The maximum absolute atomic E-state index is 14.3. The molecule has 50 heavy (non-hydrogen) atoms. The summed E-state index contributed by atoms with van der Waals surface area (Å²) in [6, 6.07) is 27.1. The van der Waals surface area contributed by atoms with E-state index in [1.807, 2.05) is 49.4 Å². The summed E-state index contributed by atoms with van der Waals surface area (Å²) in [6.07, 6.45) is 6.05. The first kappa shape index (κ1) is 42.8. The van der Waals surface area contributed by atoms with E-state index in [9.17, 15) is 8.42 Å². The van der Waals surface area contributed by atoms with Gasteiger partial charge in [0, 0.05) is 25.7 Å². The van der Waals surface area contributed by atoms with E-state index in [-0.39, 0.29) is 15.1 Å². The molecule has 0 heterocycles. The lowest BCUT2D eigenvalue weighted by Crippen LogP contribution is -2.18. The van der Waals surface area contributed by atoms with Crippen LogP contribution in [-0.4, -0.2) is 26.2 Å². The average Bonchev–Trinajstić information content (AvgIpc) is 3.11.